The Balaban J connectivity index is 1.49. The van der Waals surface area contributed by atoms with Crippen molar-refractivity contribution in [2.45, 2.75) is 44.6 Å². The summed E-state index contributed by atoms with van der Waals surface area (Å²) in [4.78, 5) is 11.5. The predicted molar refractivity (Wildman–Crippen MR) is 66.6 cm³/mol. The lowest BCUT2D eigenvalue weighted by Crippen LogP contribution is -2.38. The van der Waals surface area contributed by atoms with Crippen molar-refractivity contribution in [2.75, 3.05) is 19.6 Å². The van der Waals surface area contributed by atoms with E-state index in [-0.39, 0.29) is 12.0 Å². The minimum absolute atomic E-state index is 0.108. The molecular weight excluding hydrogens is 216 g/mol. The summed E-state index contributed by atoms with van der Waals surface area (Å²) in [6.07, 6.45) is 6.38. The average Bonchev–Trinajstić information content (AvgIpc) is 3.12. The molecular formula is C13H24N2O2. The molecule has 2 fully saturated rings. The van der Waals surface area contributed by atoms with Gasteiger partial charge in [-0.2, -0.15) is 0 Å². The SMILES string of the molecule is O=C(CNCC1CC1)NCC1CCC(O)CC1. The molecule has 17 heavy (non-hydrogen) atoms. The van der Waals surface area contributed by atoms with Crippen LogP contribution >= 0.6 is 0 Å². The molecule has 0 aromatic heterocycles. The van der Waals surface area contributed by atoms with Gasteiger partial charge in [-0.25, -0.2) is 0 Å². The molecule has 0 heterocycles. The van der Waals surface area contributed by atoms with Crippen molar-refractivity contribution >= 4 is 5.91 Å². The van der Waals surface area contributed by atoms with Crippen molar-refractivity contribution in [3.8, 4) is 0 Å². The fourth-order valence-corrected chi connectivity index (χ4v) is 2.38. The molecule has 0 aromatic carbocycles. The van der Waals surface area contributed by atoms with Crippen LogP contribution in [0.5, 0.6) is 0 Å². The van der Waals surface area contributed by atoms with Crippen LogP contribution in [0.3, 0.4) is 0 Å². The van der Waals surface area contributed by atoms with E-state index < -0.39 is 0 Å². The first kappa shape index (κ1) is 12.8. The number of aliphatic hydroxyl groups excluding tert-OH is 1. The first-order valence-electron chi connectivity index (χ1n) is 6.89. The lowest BCUT2D eigenvalue weighted by molar-refractivity contribution is -0.120. The molecule has 1 amide bonds. The molecule has 4 nitrogen and oxygen atoms in total. The molecule has 0 saturated heterocycles. The monoisotopic (exact) mass is 240 g/mol. The maximum Gasteiger partial charge on any atom is 0.233 e. The van der Waals surface area contributed by atoms with Crippen molar-refractivity contribution in [3.05, 3.63) is 0 Å². The van der Waals surface area contributed by atoms with Crippen molar-refractivity contribution in [1.82, 2.24) is 10.6 Å². The smallest absolute Gasteiger partial charge is 0.233 e. The number of nitrogens with one attached hydrogen (secondary N) is 2. The molecule has 0 radical (unpaired) electrons. The predicted octanol–water partition coefficient (Wildman–Crippen LogP) is 0.653. The zero-order chi connectivity index (χ0) is 12.1. The van der Waals surface area contributed by atoms with Crippen molar-refractivity contribution in [1.29, 1.82) is 0 Å². The van der Waals surface area contributed by atoms with E-state index in [0.29, 0.717) is 12.5 Å². The lowest BCUT2D eigenvalue weighted by atomic mass is 9.87. The van der Waals surface area contributed by atoms with Crippen LogP contribution in [0.2, 0.25) is 0 Å². The van der Waals surface area contributed by atoms with E-state index in [9.17, 15) is 9.90 Å². The van der Waals surface area contributed by atoms with Crippen LogP contribution in [0.1, 0.15) is 38.5 Å². The number of rotatable bonds is 6. The molecule has 0 unspecified atom stereocenters. The number of amides is 1. The van der Waals surface area contributed by atoms with Gasteiger partial charge in [0.15, 0.2) is 0 Å². The molecule has 4 heteroatoms. The molecule has 0 atom stereocenters. The van der Waals surface area contributed by atoms with Crippen LogP contribution in [-0.2, 0) is 4.79 Å². The molecule has 0 aliphatic heterocycles. The van der Waals surface area contributed by atoms with Crippen molar-refractivity contribution < 1.29 is 9.90 Å². The van der Waals surface area contributed by atoms with Gasteiger partial charge in [-0.1, -0.05) is 0 Å². The highest BCUT2D eigenvalue weighted by atomic mass is 16.3. The number of hydrogen-bond donors (Lipinski definition) is 3. The van der Waals surface area contributed by atoms with Crippen molar-refractivity contribution in [3.63, 3.8) is 0 Å². The molecule has 0 spiro atoms. The summed E-state index contributed by atoms with van der Waals surface area (Å²) in [6.45, 7) is 2.21. The van der Waals surface area contributed by atoms with Crippen LogP contribution in [0.15, 0.2) is 0 Å². The second kappa shape index (κ2) is 6.36. The minimum Gasteiger partial charge on any atom is -0.393 e. The van der Waals surface area contributed by atoms with E-state index in [1.54, 1.807) is 0 Å². The Labute approximate surface area is 103 Å². The summed E-state index contributed by atoms with van der Waals surface area (Å²) >= 11 is 0. The summed E-state index contributed by atoms with van der Waals surface area (Å²) in [5.74, 6) is 1.49. The Hall–Kier alpha value is -0.610. The lowest BCUT2D eigenvalue weighted by Gasteiger charge is -2.25. The zero-order valence-electron chi connectivity index (χ0n) is 10.5. The largest absolute Gasteiger partial charge is 0.393 e. The number of aliphatic hydroxyl groups is 1. The first-order valence-corrected chi connectivity index (χ1v) is 6.89. The van der Waals surface area contributed by atoms with Crippen LogP contribution in [0, 0.1) is 11.8 Å². The number of hydrogen-bond acceptors (Lipinski definition) is 3. The molecule has 2 rings (SSSR count). The molecule has 2 saturated carbocycles. The van der Waals surface area contributed by atoms with Gasteiger partial charge < -0.3 is 15.7 Å². The number of carbonyl (C=O) groups is 1. The Morgan fingerprint density at radius 3 is 2.24 bits per heavy atom. The summed E-state index contributed by atoms with van der Waals surface area (Å²) in [7, 11) is 0. The van der Waals surface area contributed by atoms with Gasteiger partial charge in [-0.05, 0) is 56.9 Å². The van der Waals surface area contributed by atoms with Gasteiger partial charge in [0.05, 0.1) is 12.6 Å². The fourth-order valence-electron chi connectivity index (χ4n) is 2.38. The highest BCUT2D eigenvalue weighted by Crippen LogP contribution is 2.27. The summed E-state index contributed by atoms with van der Waals surface area (Å²) in [5.41, 5.74) is 0. The van der Waals surface area contributed by atoms with Gasteiger partial charge in [0.25, 0.3) is 0 Å². The van der Waals surface area contributed by atoms with Gasteiger partial charge in [0, 0.05) is 6.54 Å². The normalized spacial score (nSPS) is 29.0. The Kier molecular flexibility index (Phi) is 4.80. The van der Waals surface area contributed by atoms with Gasteiger partial charge in [0.2, 0.25) is 5.91 Å². The molecule has 0 aromatic rings. The molecule has 2 aliphatic rings. The highest BCUT2D eigenvalue weighted by molar-refractivity contribution is 5.77. The standard InChI is InChI=1S/C13H24N2O2/c16-12-5-3-11(4-6-12)8-15-13(17)9-14-7-10-1-2-10/h10-12,14,16H,1-9H2,(H,15,17). The quantitative estimate of drug-likeness (QED) is 0.639. The molecule has 98 valence electrons. The van der Waals surface area contributed by atoms with E-state index >= 15 is 0 Å². The molecule has 2 aliphatic carbocycles. The third kappa shape index (κ3) is 5.04. The minimum atomic E-state index is -0.109. The second-order valence-electron chi connectivity index (χ2n) is 5.55. The second-order valence-corrected chi connectivity index (χ2v) is 5.55. The number of carbonyl (C=O) groups excluding carboxylic acids is 1. The van der Waals surface area contributed by atoms with Crippen molar-refractivity contribution in [2.24, 2.45) is 11.8 Å². The van der Waals surface area contributed by atoms with E-state index in [1.165, 1.54) is 12.8 Å². The maximum absolute atomic E-state index is 11.5. The van der Waals surface area contributed by atoms with E-state index in [0.717, 1.165) is 44.7 Å². The van der Waals surface area contributed by atoms with E-state index in [2.05, 4.69) is 10.6 Å². The van der Waals surface area contributed by atoms with Crippen LogP contribution < -0.4 is 10.6 Å². The van der Waals surface area contributed by atoms with E-state index in [1.807, 2.05) is 0 Å². The summed E-state index contributed by atoms with van der Waals surface area (Å²) in [6, 6.07) is 0. The third-order valence-corrected chi connectivity index (χ3v) is 3.82. The topological polar surface area (TPSA) is 61.4 Å². The zero-order valence-corrected chi connectivity index (χ0v) is 10.5. The van der Waals surface area contributed by atoms with Gasteiger partial charge >= 0.3 is 0 Å². The fraction of sp³-hybridized carbons (Fsp3) is 0.923. The van der Waals surface area contributed by atoms with Gasteiger partial charge in [0.1, 0.15) is 0 Å². The molecule has 0 bridgehead atoms. The Morgan fingerprint density at radius 2 is 1.59 bits per heavy atom. The average molecular weight is 240 g/mol. The summed E-state index contributed by atoms with van der Waals surface area (Å²) < 4.78 is 0. The van der Waals surface area contributed by atoms with Crippen LogP contribution in [0.25, 0.3) is 0 Å². The summed E-state index contributed by atoms with van der Waals surface area (Å²) in [5, 5.41) is 15.5. The maximum atomic E-state index is 11.5. The third-order valence-electron chi connectivity index (χ3n) is 3.82. The van der Waals surface area contributed by atoms with Crippen LogP contribution in [0.4, 0.5) is 0 Å². The Morgan fingerprint density at radius 1 is 1.00 bits per heavy atom. The first-order chi connectivity index (χ1) is 8.24. The van der Waals surface area contributed by atoms with Gasteiger partial charge in [-0.15, -0.1) is 0 Å². The highest BCUT2D eigenvalue weighted by Gasteiger charge is 2.21. The molecule has 3 N–H and O–H groups in total. The van der Waals surface area contributed by atoms with Crippen LogP contribution in [-0.4, -0.2) is 36.8 Å². The van der Waals surface area contributed by atoms with E-state index in [4.69, 9.17) is 0 Å². The Bertz CT molecular complexity index is 246. The van der Waals surface area contributed by atoms with Gasteiger partial charge in [-0.3, -0.25) is 4.79 Å².